The third-order valence-electron chi connectivity index (χ3n) is 8.81. The maximum Gasteiger partial charge on any atom is 0.164 e. The molecule has 0 aliphatic heterocycles. The molecule has 9 rings (SSSR count). The van der Waals surface area contributed by atoms with Gasteiger partial charge >= 0.3 is 0 Å². The second kappa shape index (κ2) is 11.2. The molecule has 0 saturated heterocycles. The normalized spacial score (nSPS) is 11.4. The quantitative estimate of drug-likeness (QED) is 0.197. The van der Waals surface area contributed by atoms with Crippen molar-refractivity contribution in [1.82, 2.24) is 19.5 Å². The first-order valence-electron chi connectivity index (χ1n) is 15.8. The van der Waals surface area contributed by atoms with E-state index < -0.39 is 0 Å². The fourth-order valence-electron chi connectivity index (χ4n) is 6.61. The van der Waals surface area contributed by atoms with Crippen LogP contribution in [0, 0.1) is 0 Å². The first-order valence-corrected chi connectivity index (χ1v) is 15.8. The molecule has 2 heterocycles. The van der Waals surface area contributed by atoms with Crippen LogP contribution in [0.25, 0.3) is 83.6 Å². The van der Waals surface area contributed by atoms with Gasteiger partial charge in [-0.2, -0.15) is 0 Å². The van der Waals surface area contributed by atoms with Crippen LogP contribution in [0.1, 0.15) is 0 Å². The van der Waals surface area contributed by atoms with Crippen LogP contribution in [-0.4, -0.2) is 19.5 Å². The second-order valence-corrected chi connectivity index (χ2v) is 11.7. The molecule has 220 valence electrons. The van der Waals surface area contributed by atoms with E-state index in [1.165, 1.54) is 10.8 Å². The topological polar surface area (TPSA) is 43.6 Å². The molecule has 0 spiro atoms. The van der Waals surface area contributed by atoms with Crippen LogP contribution in [-0.2, 0) is 0 Å². The summed E-state index contributed by atoms with van der Waals surface area (Å²) in [5, 5.41) is 4.74. The van der Waals surface area contributed by atoms with Gasteiger partial charge in [-0.3, -0.25) is 0 Å². The molecule has 47 heavy (non-hydrogen) atoms. The molecule has 4 nitrogen and oxygen atoms in total. The van der Waals surface area contributed by atoms with Crippen LogP contribution in [0.15, 0.2) is 170 Å². The Kier molecular flexibility index (Phi) is 6.43. The fraction of sp³-hybridized carbons (Fsp3) is 0. The summed E-state index contributed by atoms with van der Waals surface area (Å²) in [6.07, 6.45) is 0. The van der Waals surface area contributed by atoms with Gasteiger partial charge < -0.3 is 4.57 Å². The Bertz CT molecular complexity index is 2520. The minimum atomic E-state index is 0.631. The highest BCUT2D eigenvalue weighted by atomic mass is 15.0. The molecule has 7 aromatic carbocycles. The number of aromatic nitrogens is 4. The molecule has 0 amide bonds. The molecule has 0 bridgehead atoms. The lowest BCUT2D eigenvalue weighted by Gasteiger charge is -2.15. The van der Waals surface area contributed by atoms with E-state index in [0.29, 0.717) is 17.5 Å². The van der Waals surface area contributed by atoms with Crippen LogP contribution in [0.2, 0.25) is 0 Å². The van der Waals surface area contributed by atoms with Crippen LogP contribution in [0.4, 0.5) is 0 Å². The summed E-state index contributed by atoms with van der Waals surface area (Å²) in [6, 6.07) is 59.2. The summed E-state index contributed by atoms with van der Waals surface area (Å²) >= 11 is 0. The number of nitrogens with zero attached hydrogens (tertiary/aromatic N) is 4. The summed E-state index contributed by atoms with van der Waals surface area (Å²) in [5.41, 5.74) is 8.49. The van der Waals surface area contributed by atoms with Crippen molar-refractivity contribution >= 4 is 32.6 Å². The zero-order valence-corrected chi connectivity index (χ0v) is 25.5. The van der Waals surface area contributed by atoms with Gasteiger partial charge in [-0.1, -0.05) is 140 Å². The van der Waals surface area contributed by atoms with E-state index in [2.05, 4.69) is 138 Å². The van der Waals surface area contributed by atoms with Crippen LogP contribution in [0.3, 0.4) is 0 Å². The van der Waals surface area contributed by atoms with Crippen molar-refractivity contribution in [2.45, 2.75) is 0 Å². The number of benzene rings is 7. The highest BCUT2D eigenvalue weighted by Crippen LogP contribution is 2.37. The Morgan fingerprint density at radius 1 is 0.319 bits per heavy atom. The van der Waals surface area contributed by atoms with Crippen LogP contribution >= 0.6 is 0 Å². The number of fused-ring (bicyclic) bond motifs is 4. The SMILES string of the molecule is c1ccc(-c2cccc(-c3nc(-c4ccccc4)nc(-c4cc(-n5c6ccccc6c6ccccc65)c5ccccc5c4)n3)c2)cc1. The predicted octanol–water partition coefficient (Wildman–Crippen LogP) is 10.8. The van der Waals surface area contributed by atoms with Crippen molar-refractivity contribution in [3.8, 4) is 51.0 Å². The molecule has 0 N–H and O–H groups in total. The van der Waals surface area contributed by atoms with Gasteiger partial charge in [0, 0.05) is 32.8 Å². The van der Waals surface area contributed by atoms with Crippen LogP contribution < -0.4 is 0 Å². The average molecular weight is 601 g/mol. The van der Waals surface area contributed by atoms with Crippen molar-refractivity contribution in [3.63, 3.8) is 0 Å². The van der Waals surface area contributed by atoms with Crippen molar-refractivity contribution in [2.75, 3.05) is 0 Å². The Morgan fingerprint density at radius 3 is 1.49 bits per heavy atom. The first kappa shape index (κ1) is 27.0. The lowest BCUT2D eigenvalue weighted by molar-refractivity contribution is 1.07. The van der Waals surface area contributed by atoms with Crippen molar-refractivity contribution in [1.29, 1.82) is 0 Å². The summed E-state index contributed by atoms with van der Waals surface area (Å²) in [4.78, 5) is 15.3. The molecule has 0 aliphatic rings. The molecule has 0 unspecified atom stereocenters. The van der Waals surface area contributed by atoms with E-state index in [1.54, 1.807) is 0 Å². The monoisotopic (exact) mass is 600 g/mol. The molecule has 0 saturated carbocycles. The van der Waals surface area contributed by atoms with Gasteiger partial charge in [0.05, 0.1) is 16.7 Å². The van der Waals surface area contributed by atoms with E-state index in [0.717, 1.165) is 55.3 Å². The van der Waals surface area contributed by atoms with Crippen molar-refractivity contribution in [3.05, 3.63) is 170 Å². The third-order valence-corrected chi connectivity index (χ3v) is 8.81. The van der Waals surface area contributed by atoms with E-state index >= 15 is 0 Å². The Hall–Kier alpha value is -6.39. The van der Waals surface area contributed by atoms with Gasteiger partial charge in [-0.05, 0) is 46.8 Å². The standard InChI is InChI=1S/C43H28N4/c1-3-14-29(15-4-1)31-19-13-20-33(26-31)42-44-41(30-16-5-2-6-17-30)45-43(46-42)34-27-32-18-7-8-21-35(32)40(28-34)47-38-24-11-9-22-36(38)37-23-10-12-25-39(37)47/h1-28H. The highest BCUT2D eigenvalue weighted by molar-refractivity contribution is 6.10. The molecule has 0 fully saturated rings. The Labute approximate surface area is 272 Å². The number of para-hydroxylation sites is 2. The lowest BCUT2D eigenvalue weighted by Crippen LogP contribution is -2.02. The summed E-state index contributed by atoms with van der Waals surface area (Å²) in [6.45, 7) is 0. The van der Waals surface area contributed by atoms with E-state index in [4.69, 9.17) is 15.0 Å². The molecular weight excluding hydrogens is 573 g/mol. The molecule has 0 radical (unpaired) electrons. The third kappa shape index (κ3) is 4.75. The van der Waals surface area contributed by atoms with Crippen LogP contribution in [0.5, 0.6) is 0 Å². The van der Waals surface area contributed by atoms with Gasteiger partial charge in [0.2, 0.25) is 0 Å². The summed E-state index contributed by atoms with van der Waals surface area (Å²) in [5.74, 6) is 1.91. The highest BCUT2D eigenvalue weighted by Gasteiger charge is 2.18. The number of hydrogen-bond donors (Lipinski definition) is 0. The first-order chi connectivity index (χ1) is 23.3. The Morgan fingerprint density at radius 2 is 0.809 bits per heavy atom. The zero-order chi connectivity index (χ0) is 31.2. The molecule has 2 aromatic heterocycles. The van der Waals surface area contributed by atoms with Crippen molar-refractivity contribution < 1.29 is 0 Å². The second-order valence-electron chi connectivity index (χ2n) is 11.7. The fourth-order valence-corrected chi connectivity index (χ4v) is 6.61. The maximum absolute atomic E-state index is 5.16. The van der Waals surface area contributed by atoms with E-state index in [-0.39, 0.29) is 0 Å². The van der Waals surface area contributed by atoms with Gasteiger partial charge in [-0.15, -0.1) is 0 Å². The van der Waals surface area contributed by atoms with E-state index in [1.807, 2.05) is 36.4 Å². The van der Waals surface area contributed by atoms with Gasteiger partial charge in [-0.25, -0.2) is 15.0 Å². The van der Waals surface area contributed by atoms with Gasteiger partial charge in [0.15, 0.2) is 17.5 Å². The average Bonchev–Trinajstić information content (AvgIpc) is 3.49. The smallest absolute Gasteiger partial charge is 0.164 e. The molecule has 0 aliphatic carbocycles. The molecule has 0 atom stereocenters. The molecular formula is C43H28N4. The van der Waals surface area contributed by atoms with Gasteiger partial charge in [0.1, 0.15) is 0 Å². The summed E-state index contributed by atoms with van der Waals surface area (Å²) in [7, 11) is 0. The zero-order valence-electron chi connectivity index (χ0n) is 25.5. The largest absolute Gasteiger partial charge is 0.309 e. The number of rotatable bonds is 5. The predicted molar refractivity (Wildman–Crippen MR) is 193 cm³/mol. The van der Waals surface area contributed by atoms with Gasteiger partial charge in [0.25, 0.3) is 0 Å². The van der Waals surface area contributed by atoms with Crippen molar-refractivity contribution in [2.24, 2.45) is 0 Å². The molecule has 9 aromatic rings. The minimum Gasteiger partial charge on any atom is -0.309 e. The number of hydrogen-bond acceptors (Lipinski definition) is 3. The maximum atomic E-state index is 5.16. The lowest BCUT2D eigenvalue weighted by atomic mass is 10.0. The molecule has 4 heteroatoms. The minimum absolute atomic E-state index is 0.631. The summed E-state index contributed by atoms with van der Waals surface area (Å²) < 4.78 is 2.38. The Balaban J connectivity index is 1.30. The van der Waals surface area contributed by atoms with E-state index in [9.17, 15) is 0 Å².